The van der Waals surface area contributed by atoms with E-state index < -0.39 is 67.4 Å². The number of hydrogen-bond acceptors (Lipinski definition) is 5. The minimum atomic E-state index is -5.02. The topological polar surface area (TPSA) is 97.3 Å². The highest BCUT2D eigenvalue weighted by Crippen LogP contribution is 2.26. The van der Waals surface area contributed by atoms with Gasteiger partial charge in [-0.15, -0.1) is 5.10 Å². The molecule has 0 radical (unpaired) electrons. The van der Waals surface area contributed by atoms with Crippen molar-refractivity contribution in [1.82, 2.24) is 14.3 Å². The second-order valence-electron chi connectivity index (χ2n) is 7.70. The van der Waals surface area contributed by atoms with E-state index >= 15 is 0 Å². The molecule has 3 rings (SSSR count). The van der Waals surface area contributed by atoms with Gasteiger partial charge in [0.25, 0.3) is 0 Å². The number of aromatic nitrogens is 3. The van der Waals surface area contributed by atoms with Crippen LogP contribution in [0.4, 0.5) is 22.0 Å². The minimum absolute atomic E-state index is 0.196. The first-order valence-corrected chi connectivity index (χ1v) is 10.5. The van der Waals surface area contributed by atoms with Gasteiger partial charge in [-0.3, -0.25) is 9.36 Å². The van der Waals surface area contributed by atoms with Crippen LogP contribution < -0.4 is 5.69 Å². The van der Waals surface area contributed by atoms with Crippen molar-refractivity contribution < 1.29 is 37.0 Å². The molecule has 1 unspecified atom stereocenters. The molecule has 0 saturated carbocycles. The monoisotopic (exact) mass is 519 g/mol. The fourth-order valence-corrected chi connectivity index (χ4v) is 3.54. The van der Waals surface area contributed by atoms with Crippen molar-refractivity contribution in [3.8, 4) is 11.4 Å². The van der Waals surface area contributed by atoms with E-state index in [1.54, 1.807) is 0 Å². The molecule has 0 amide bonds. The highest BCUT2D eigenvalue weighted by molar-refractivity contribution is 6.30. The van der Waals surface area contributed by atoms with Crippen LogP contribution in [0.3, 0.4) is 0 Å². The zero-order chi connectivity index (χ0) is 25.9. The number of rotatable bonds is 9. The highest BCUT2D eigenvalue weighted by atomic mass is 35.5. The van der Waals surface area contributed by atoms with Gasteiger partial charge in [-0.1, -0.05) is 23.7 Å². The lowest BCUT2D eigenvalue weighted by Crippen LogP contribution is -2.37. The van der Waals surface area contributed by atoms with Crippen molar-refractivity contribution in [1.29, 1.82) is 0 Å². The van der Waals surface area contributed by atoms with Gasteiger partial charge in [0.2, 0.25) is 0 Å². The second kappa shape index (κ2) is 10.7. The third-order valence-electron chi connectivity index (χ3n) is 5.20. The Morgan fingerprint density at radius 1 is 1.11 bits per heavy atom. The molecule has 0 saturated heterocycles. The van der Waals surface area contributed by atoms with Crippen LogP contribution in [0.2, 0.25) is 5.02 Å². The maximum atomic E-state index is 14.1. The maximum absolute atomic E-state index is 14.1. The molecule has 188 valence electrons. The summed E-state index contributed by atoms with van der Waals surface area (Å²) in [5.74, 6) is -4.50. The van der Waals surface area contributed by atoms with Crippen molar-refractivity contribution >= 4 is 17.4 Å². The van der Waals surface area contributed by atoms with Gasteiger partial charge in [-0.25, -0.2) is 18.3 Å². The Balaban J connectivity index is 1.91. The van der Waals surface area contributed by atoms with E-state index in [1.807, 2.05) is 0 Å². The first-order chi connectivity index (χ1) is 16.4. The van der Waals surface area contributed by atoms with Crippen molar-refractivity contribution in [2.24, 2.45) is 0 Å². The quantitative estimate of drug-likeness (QED) is 0.423. The maximum Gasteiger partial charge on any atom is 0.416 e. The normalized spacial score (nSPS) is 13.6. The number of ketones is 1. The van der Waals surface area contributed by atoms with E-state index in [0.29, 0.717) is 14.3 Å². The predicted octanol–water partition coefficient (Wildman–Crippen LogP) is 3.30. The average Bonchev–Trinajstić information content (AvgIpc) is 3.09. The standard InChI is InChI=1S/C22H19ClF5N3O4/c23-14-6-4-12(5-7-14)20-29-31(21(35)30(20)10-18(34)22(26,27)28)9-15(33)8-13(11-32)16-2-1-3-17(24)19(16)25/h1-7,13,18,32,34H,8-11H2/t13?,18-/m0/s1. The first kappa shape index (κ1) is 26.5. The highest BCUT2D eigenvalue weighted by Gasteiger charge is 2.39. The number of carbonyl (C=O) groups is 1. The number of alkyl halides is 3. The van der Waals surface area contributed by atoms with Crippen molar-refractivity contribution in [3.05, 3.63) is 75.2 Å². The predicted molar refractivity (Wildman–Crippen MR) is 115 cm³/mol. The number of aliphatic hydroxyl groups is 2. The number of carbonyl (C=O) groups excluding carboxylic acids is 1. The van der Waals surface area contributed by atoms with Gasteiger partial charge in [0.1, 0.15) is 6.54 Å². The number of aliphatic hydroxyl groups excluding tert-OH is 2. The van der Waals surface area contributed by atoms with Crippen LogP contribution in [-0.2, 0) is 17.9 Å². The molecule has 7 nitrogen and oxygen atoms in total. The Morgan fingerprint density at radius 3 is 2.37 bits per heavy atom. The first-order valence-electron chi connectivity index (χ1n) is 10.2. The average molecular weight is 520 g/mol. The molecular formula is C22H19ClF5N3O4. The summed E-state index contributed by atoms with van der Waals surface area (Å²) in [6.07, 6.45) is -8.40. The molecule has 2 aromatic carbocycles. The fraction of sp³-hybridized carbons (Fsp3) is 0.318. The Morgan fingerprint density at radius 2 is 1.77 bits per heavy atom. The fourth-order valence-electron chi connectivity index (χ4n) is 3.41. The molecule has 0 aliphatic carbocycles. The SMILES string of the molecule is O=C(CC(CO)c1cccc(F)c1F)Cn1nc(-c2ccc(Cl)cc2)n(C[C@H](O)C(F)(F)F)c1=O. The van der Waals surface area contributed by atoms with Crippen LogP contribution in [0.1, 0.15) is 17.9 Å². The zero-order valence-corrected chi connectivity index (χ0v) is 18.6. The summed E-state index contributed by atoms with van der Waals surface area (Å²) >= 11 is 5.82. The molecule has 0 aliphatic rings. The van der Waals surface area contributed by atoms with Crippen LogP contribution in [0.15, 0.2) is 47.3 Å². The van der Waals surface area contributed by atoms with E-state index in [4.69, 9.17) is 11.6 Å². The lowest BCUT2D eigenvalue weighted by molar-refractivity contribution is -0.207. The summed E-state index contributed by atoms with van der Waals surface area (Å²) in [7, 11) is 0. The molecule has 0 aliphatic heterocycles. The summed E-state index contributed by atoms with van der Waals surface area (Å²) in [6.45, 7) is -2.60. The van der Waals surface area contributed by atoms with Gasteiger partial charge in [-0.2, -0.15) is 13.2 Å². The van der Waals surface area contributed by atoms with E-state index in [-0.39, 0.29) is 17.0 Å². The van der Waals surface area contributed by atoms with E-state index in [1.165, 1.54) is 36.4 Å². The molecule has 0 fully saturated rings. The number of halogens is 6. The van der Waals surface area contributed by atoms with Gasteiger partial charge >= 0.3 is 11.9 Å². The van der Waals surface area contributed by atoms with E-state index in [9.17, 15) is 41.8 Å². The van der Waals surface area contributed by atoms with Gasteiger partial charge < -0.3 is 10.2 Å². The van der Waals surface area contributed by atoms with Crippen molar-refractivity contribution in [2.45, 2.75) is 37.7 Å². The number of Topliss-reactive ketones (excluding diaryl/α,β-unsaturated/α-hetero) is 1. The van der Waals surface area contributed by atoms with Gasteiger partial charge in [0.05, 0.1) is 13.2 Å². The summed E-state index contributed by atoms with van der Waals surface area (Å²) < 4.78 is 67.6. The molecule has 1 aromatic heterocycles. The molecular weight excluding hydrogens is 501 g/mol. The molecule has 0 bridgehead atoms. The molecule has 13 heteroatoms. The summed E-state index contributed by atoms with van der Waals surface area (Å²) in [5.41, 5.74) is -1.15. The van der Waals surface area contributed by atoms with Gasteiger partial charge in [0, 0.05) is 22.9 Å². The van der Waals surface area contributed by atoms with Gasteiger partial charge in [-0.05, 0) is 35.9 Å². The Hall–Kier alpha value is -3.09. The van der Waals surface area contributed by atoms with Crippen LogP contribution in [0.5, 0.6) is 0 Å². The zero-order valence-electron chi connectivity index (χ0n) is 17.8. The molecule has 0 spiro atoms. The van der Waals surface area contributed by atoms with Crippen molar-refractivity contribution in [2.75, 3.05) is 6.61 Å². The Bertz CT molecular complexity index is 1260. The molecule has 2 N–H and O–H groups in total. The lowest BCUT2D eigenvalue weighted by Gasteiger charge is -2.15. The second-order valence-corrected chi connectivity index (χ2v) is 8.14. The van der Waals surface area contributed by atoms with Crippen molar-refractivity contribution in [3.63, 3.8) is 0 Å². The third kappa shape index (κ3) is 6.13. The van der Waals surface area contributed by atoms with Crippen LogP contribution in [0, 0.1) is 11.6 Å². The number of hydrogen-bond donors (Lipinski definition) is 2. The van der Waals surface area contributed by atoms with Crippen LogP contribution in [0.25, 0.3) is 11.4 Å². The molecule has 3 aromatic rings. The Labute approximate surface area is 200 Å². The smallest absolute Gasteiger partial charge is 0.396 e. The number of benzene rings is 2. The lowest BCUT2D eigenvalue weighted by atomic mass is 9.94. The molecule has 35 heavy (non-hydrogen) atoms. The molecule has 2 atom stereocenters. The van der Waals surface area contributed by atoms with Crippen LogP contribution >= 0.6 is 11.6 Å². The van der Waals surface area contributed by atoms with Gasteiger partial charge in [0.15, 0.2) is 29.3 Å². The van der Waals surface area contributed by atoms with E-state index in [0.717, 1.165) is 6.07 Å². The molecule has 1 heterocycles. The summed E-state index contributed by atoms with van der Waals surface area (Å²) in [4.78, 5) is 25.4. The number of nitrogens with zero attached hydrogens (tertiary/aromatic N) is 3. The van der Waals surface area contributed by atoms with E-state index in [2.05, 4.69) is 5.10 Å². The summed E-state index contributed by atoms with van der Waals surface area (Å²) in [6, 6.07) is 8.88. The summed E-state index contributed by atoms with van der Waals surface area (Å²) in [5, 5.41) is 23.3. The van der Waals surface area contributed by atoms with Crippen LogP contribution in [-0.4, -0.2) is 49.2 Å². The Kier molecular flexibility index (Phi) is 8.08. The largest absolute Gasteiger partial charge is 0.416 e. The minimum Gasteiger partial charge on any atom is -0.396 e. The third-order valence-corrected chi connectivity index (χ3v) is 5.45.